The number of piperidine rings is 1. The summed E-state index contributed by atoms with van der Waals surface area (Å²) < 4.78 is 0. The molecule has 0 aliphatic carbocycles. The molecule has 1 saturated heterocycles. The number of anilines is 1. The maximum Gasteiger partial charge on any atom is 0.0737 e. The molecule has 0 amide bonds. The Morgan fingerprint density at radius 3 is 1.08 bits per heavy atom. The normalized spacial score (nSPS) is 13.8. The molecule has 0 unspecified atom stereocenters. The zero-order chi connectivity index (χ0) is 44.4. The van der Waals surface area contributed by atoms with E-state index in [1.165, 1.54) is 86.0 Å². The van der Waals surface area contributed by atoms with E-state index in [0.29, 0.717) is 0 Å². The average Bonchev–Trinajstić information content (AvgIpc) is 4.09. The third-order valence-electron chi connectivity index (χ3n) is 13.4. The Hall–Kier alpha value is -6.76. The number of H-pyrrole nitrogens is 2. The van der Waals surface area contributed by atoms with E-state index in [2.05, 4.69) is 192 Å². The van der Waals surface area contributed by atoms with Crippen LogP contribution in [0.15, 0.2) is 84.9 Å². The molecule has 320 valence electrons. The van der Waals surface area contributed by atoms with Gasteiger partial charge in [-0.1, -0.05) is 71.6 Å². The van der Waals surface area contributed by atoms with Gasteiger partial charge in [-0.3, -0.25) is 0 Å². The molecule has 7 aromatic rings. The Morgan fingerprint density at radius 1 is 0.391 bits per heavy atom. The lowest BCUT2D eigenvalue weighted by Crippen LogP contribution is -2.34. The van der Waals surface area contributed by atoms with Gasteiger partial charge in [-0.05, 0) is 191 Å². The summed E-state index contributed by atoms with van der Waals surface area (Å²) in [5.41, 5.74) is 32.6. The predicted molar refractivity (Wildman–Crippen MR) is 272 cm³/mol. The first-order valence-electron chi connectivity index (χ1n) is 22.9. The Morgan fingerprint density at radius 2 is 0.719 bits per heavy atom. The van der Waals surface area contributed by atoms with Gasteiger partial charge in [0.2, 0.25) is 0 Å². The van der Waals surface area contributed by atoms with Crippen LogP contribution in [-0.4, -0.2) is 38.0 Å². The Kier molecular flexibility index (Phi) is 10.6. The first kappa shape index (κ1) is 41.3. The van der Waals surface area contributed by atoms with Crippen molar-refractivity contribution in [3.05, 3.63) is 158 Å². The van der Waals surface area contributed by atoms with Crippen molar-refractivity contribution in [2.45, 2.75) is 81.6 Å². The molecule has 3 aliphatic heterocycles. The summed E-state index contributed by atoms with van der Waals surface area (Å²) in [5, 5.41) is 2.35. The molecular weight excluding hydrogens is 781 g/mol. The number of fused-ring (bicyclic) bond motifs is 8. The fourth-order valence-corrected chi connectivity index (χ4v) is 10.9. The number of hydrogen-bond acceptors (Lipinski definition) is 4. The molecule has 1 fully saturated rings. The summed E-state index contributed by atoms with van der Waals surface area (Å²) >= 11 is 0. The van der Waals surface area contributed by atoms with Gasteiger partial charge >= 0.3 is 0 Å². The van der Waals surface area contributed by atoms with Crippen molar-refractivity contribution in [1.82, 2.24) is 24.9 Å². The molecule has 0 atom stereocenters. The molecule has 6 heterocycles. The van der Waals surface area contributed by atoms with Crippen molar-refractivity contribution in [2.24, 2.45) is 0 Å². The van der Waals surface area contributed by atoms with Crippen LogP contribution in [0.2, 0.25) is 0 Å². The van der Waals surface area contributed by atoms with Gasteiger partial charge < -0.3 is 15.4 Å². The smallest absolute Gasteiger partial charge is 0.0737 e. The number of aromatic amines is 2. The van der Waals surface area contributed by atoms with E-state index in [0.717, 1.165) is 91.4 Å². The molecule has 6 heteroatoms. The number of hydrazine groups is 1. The second kappa shape index (κ2) is 16.4. The summed E-state index contributed by atoms with van der Waals surface area (Å²) in [4.78, 5) is 19.2. The number of nitrogens with one attached hydrogen (secondary N) is 3. The minimum Gasteiger partial charge on any atom is -0.354 e. The second-order valence-electron chi connectivity index (χ2n) is 18.6. The number of rotatable bonds is 6. The quantitative estimate of drug-likeness (QED) is 0.156. The van der Waals surface area contributed by atoms with E-state index in [9.17, 15) is 0 Å². The fourth-order valence-electron chi connectivity index (χ4n) is 10.9. The highest BCUT2D eigenvalue weighted by Gasteiger charge is 2.23. The molecule has 3 aromatic heterocycles. The average molecular weight is 839 g/mol. The molecule has 8 bridgehead atoms. The Bertz CT molecular complexity index is 3130. The molecule has 0 saturated carbocycles. The van der Waals surface area contributed by atoms with Gasteiger partial charge in [0.05, 0.1) is 22.8 Å². The summed E-state index contributed by atoms with van der Waals surface area (Å²) in [6, 6.07) is 31.6. The Balaban J connectivity index is 1.35. The van der Waals surface area contributed by atoms with E-state index in [1.54, 1.807) is 0 Å². The van der Waals surface area contributed by atoms with E-state index in [-0.39, 0.29) is 0 Å². The van der Waals surface area contributed by atoms with Crippen molar-refractivity contribution in [3.63, 3.8) is 0 Å². The van der Waals surface area contributed by atoms with Crippen molar-refractivity contribution >= 4 is 52.1 Å². The number of aromatic nitrogens is 4. The van der Waals surface area contributed by atoms with Crippen molar-refractivity contribution in [3.8, 4) is 44.5 Å². The maximum atomic E-state index is 5.64. The van der Waals surface area contributed by atoms with Crippen LogP contribution < -0.4 is 5.43 Å². The first-order valence-corrected chi connectivity index (χ1v) is 22.9. The lowest BCUT2D eigenvalue weighted by molar-refractivity contribution is 0.273. The van der Waals surface area contributed by atoms with Gasteiger partial charge in [-0.15, -0.1) is 0 Å². The summed E-state index contributed by atoms with van der Waals surface area (Å²) in [5.74, 6) is 0. The lowest BCUT2D eigenvalue weighted by Gasteiger charge is -2.27. The van der Waals surface area contributed by atoms with E-state index >= 15 is 0 Å². The highest BCUT2D eigenvalue weighted by molar-refractivity contribution is 6.01. The number of benzene rings is 4. The van der Waals surface area contributed by atoms with Crippen molar-refractivity contribution in [2.75, 3.05) is 18.5 Å². The van der Waals surface area contributed by atoms with Gasteiger partial charge in [0.1, 0.15) is 0 Å². The fraction of sp³-hybridized carbons (Fsp3) is 0.241. The van der Waals surface area contributed by atoms with Crippen LogP contribution >= 0.6 is 0 Å². The highest BCUT2D eigenvalue weighted by atomic mass is 15.5. The molecule has 3 N–H and O–H groups in total. The monoisotopic (exact) mass is 838 g/mol. The molecule has 3 aliphatic rings. The van der Waals surface area contributed by atoms with Crippen LogP contribution in [0.3, 0.4) is 0 Å². The van der Waals surface area contributed by atoms with Crippen molar-refractivity contribution in [1.29, 1.82) is 0 Å². The zero-order valence-corrected chi connectivity index (χ0v) is 38.8. The molecule has 64 heavy (non-hydrogen) atoms. The maximum absolute atomic E-state index is 5.64. The van der Waals surface area contributed by atoms with Crippen LogP contribution in [-0.2, 0) is 0 Å². The lowest BCUT2D eigenvalue weighted by atomic mass is 9.92. The first-order chi connectivity index (χ1) is 30.9. The molecule has 6 nitrogen and oxygen atoms in total. The minimum atomic E-state index is 0.912. The van der Waals surface area contributed by atoms with Crippen LogP contribution in [0.5, 0.6) is 0 Å². The second-order valence-corrected chi connectivity index (χ2v) is 18.6. The minimum absolute atomic E-state index is 0.912. The van der Waals surface area contributed by atoms with Crippen LogP contribution in [0.1, 0.15) is 92.1 Å². The SMILES string of the molecule is Cc1cc(C)c(-c2c3nc(c(-c4c(C)cc(C)cc4C)c4ccc([nH]4)c(-c4c(C)cc(C)cc4C)c4nc(c(-c5ccc(NN6CCCCC6)cc5)c5ccc2[nH]5)C=C4)C=C3)c(C)c1. The third-order valence-corrected chi connectivity index (χ3v) is 13.4. The molecule has 4 aromatic carbocycles. The molecule has 0 radical (unpaired) electrons. The molecule has 0 spiro atoms. The van der Waals surface area contributed by atoms with Crippen LogP contribution in [0, 0.1) is 62.3 Å². The Labute approximate surface area is 377 Å². The third kappa shape index (κ3) is 7.50. The number of nitrogens with zero attached hydrogens (tertiary/aromatic N) is 3. The topological polar surface area (TPSA) is 72.6 Å². The molecule has 10 rings (SSSR count). The largest absolute Gasteiger partial charge is 0.354 e. The predicted octanol–water partition coefficient (Wildman–Crippen LogP) is 14.9. The van der Waals surface area contributed by atoms with E-state index in [4.69, 9.17) is 9.97 Å². The summed E-state index contributed by atoms with van der Waals surface area (Å²) in [7, 11) is 0. The van der Waals surface area contributed by atoms with Gasteiger partial charge in [0, 0.05) is 63.1 Å². The molecular formula is C58H58N6. The summed E-state index contributed by atoms with van der Waals surface area (Å²) in [6.07, 6.45) is 12.6. The standard InChI is InChI=1S/C58H58N6/c1-33-27-36(4)52(37(5)28-33)56-46-19-17-44(59-46)55(42-13-15-43(16-14-42)63-64-25-11-10-12-26-64)45-18-20-47(60-45)57(53-38(6)29-34(2)30-39(53)7)49-22-24-51(62-49)58(50-23-21-48(56)61-50)54-40(8)31-35(3)32-41(54)9/h13-24,27-32,59,62-63H,10-12,25-26H2,1-9H3. The van der Waals surface area contributed by atoms with Gasteiger partial charge in [0.25, 0.3) is 0 Å². The van der Waals surface area contributed by atoms with Crippen LogP contribution in [0.4, 0.5) is 5.69 Å². The number of hydrogen-bond donors (Lipinski definition) is 3. The van der Waals surface area contributed by atoms with E-state index < -0.39 is 0 Å². The highest BCUT2D eigenvalue weighted by Crippen LogP contribution is 2.42. The van der Waals surface area contributed by atoms with Gasteiger partial charge in [-0.2, -0.15) is 0 Å². The van der Waals surface area contributed by atoms with Gasteiger partial charge in [0.15, 0.2) is 0 Å². The van der Waals surface area contributed by atoms with Crippen molar-refractivity contribution < 1.29 is 0 Å². The van der Waals surface area contributed by atoms with Crippen LogP contribution in [0.25, 0.3) is 90.9 Å². The number of aryl methyl sites for hydroxylation is 9. The summed E-state index contributed by atoms with van der Waals surface area (Å²) in [6.45, 7) is 22.0. The zero-order valence-electron chi connectivity index (χ0n) is 38.8. The van der Waals surface area contributed by atoms with E-state index in [1.807, 2.05) is 0 Å². The van der Waals surface area contributed by atoms with Gasteiger partial charge in [-0.25, -0.2) is 15.0 Å².